The zero-order chi connectivity index (χ0) is 37.2. The average Bonchev–Trinajstić information content (AvgIpc) is 3.58. The summed E-state index contributed by atoms with van der Waals surface area (Å²) in [4.78, 5) is 26.6. The van der Waals surface area contributed by atoms with E-state index in [1.807, 2.05) is 85.5 Å². The third kappa shape index (κ3) is 14.1. The summed E-state index contributed by atoms with van der Waals surface area (Å²) in [7, 11) is 0. The Morgan fingerprint density at radius 2 is 1.96 bits per heavy atom. The fraction of sp³-hybridized carbons (Fsp3) is 0.415. The summed E-state index contributed by atoms with van der Waals surface area (Å²) in [6, 6.07) is 16.9. The zero-order valence-corrected chi connectivity index (χ0v) is 30.8. The summed E-state index contributed by atoms with van der Waals surface area (Å²) in [5, 5.41) is 33.4. The lowest BCUT2D eigenvalue weighted by Crippen LogP contribution is -2.47. The minimum Gasteiger partial charge on any atom is -0.466 e. The lowest BCUT2D eigenvalue weighted by molar-refractivity contribution is -0.151. The van der Waals surface area contributed by atoms with Gasteiger partial charge in [-0.05, 0) is 81.9 Å². The Hall–Kier alpha value is -4.15. The second kappa shape index (κ2) is 22.7. The first-order valence-corrected chi connectivity index (χ1v) is 18.3. The molecule has 0 aromatic heterocycles. The highest BCUT2D eigenvalue weighted by atomic mass is 32.2. The predicted molar refractivity (Wildman–Crippen MR) is 213 cm³/mol. The Labute approximate surface area is 315 Å². The number of aliphatic hydroxyl groups excluding tert-OH is 2. The number of ether oxygens (including phenoxy) is 1. The van der Waals surface area contributed by atoms with Crippen LogP contribution in [0.2, 0.25) is 0 Å². The van der Waals surface area contributed by atoms with E-state index in [-0.39, 0.29) is 39.0 Å². The molecule has 1 fully saturated rings. The number of benzene rings is 2. The number of allylic oxidation sites excluding steroid dienone is 4. The molecule has 7 N–H and O–H groups in total. The minimum absolute atomic E-state index is 0. The quantitative estimate of drug-likeness (QED) is 0.0472. The van der Waals surface area contributed by atoms with Gasteiger partial charge in [-0.15, -0.1) is 0 Å². The normalized spacial score (nSPS) is 17.8. The lowest BCUT2D eigenvalue weighted by Gasteiger charge is -2.35. The molecule has 1 saturated heterocycles. The molecule has 3 atom stereocenters. The van der Waals surface area contributed by atoms with Crippen molar-refractivity contribution < 1.29 is 31.1 Å². The van der Waals surface area contributed by atoms with Crippen LogP contribution in [-0.2, 0) is 20.9 Å². The fourth-order valence-electron chi connectivity index (χ4n) is 5.42. The largest absolute Gasteiger partial charge is 0.466 e. The van der Waals surface area contributed by atoms with Crippen LogP contribution < -0.4 is 15.8 Å². The van der Waals surface area contributed by atoms with Crippen molar-refractivity contribution in [2.24, 2.45) is 11.7 Å². The number of carbonyl (C=O) groups is 2. The van der Waals surface area contributed by atoms with Gasteiger partial charge in [-0.3, -0.25) is 14.5 Å². The molecule has 1 heterocycles. The van der Waals surface area contributed by atoms with Gasteiger partial charge in [0.25, 0.3) is 5.91 Å². The van der Waals surface area contributed by atoms with Gasteiger partial charge in [-0.25, -0.2) is 4.72 Å². The molecule has 1 aliphatic heterocycles. The topological polar surface area (TPSA) is 157 Å². The number of hydrogen-bond donors (Lipinski definition) is 6. The zero-order valence-electron chi connectivity index (χ0n) is 30.0. The van der Waals surface area contributed by atoms with Gasteiger partial charge in [0.15, 0.2) is 0 Å². The Bertz CT molecular complexity index is 1650. The van der Waals surface area contributed by atoms with E-state index in [0.717, 1.165) is 40.7 Å². The monoisotopic (exact) mass is 734 g/mol. The van der Waals surface area contributed by atoms with Crippen molar-refractivity contribution in [2.75, 3.05) is 30.8 Å². The number of carbonyl (C=O) groups excluding carboxylic acids is 2. The molecule has 10 nitrogen and oxygen atoms in total. The number of likely N-dealkylation sites (tertiary alicyclic amines) is 1. The first-order valence-electron chi connectivity index (χ1n) is 17.3. The van der Waals surface area contributed by atoms with Gasteiger partial charge in [0.1, 0.15) is 12.0 Å². The summed E-state index contributed by atoms with van der Waals surface area (Å²) in [6.07, 6.45) is 9.01. The molecule has 1 amide bonds. The van der Waals surface area contributed by atoms with Crippen LogP contribution in [-0.4, -0.2) is 69.5 Å². The summed E-state index contributed by atoms with van der Waals surface area (Å²) >= 11 is 1.17. The smallest absolute Gasteiger partial charge is 0.310 e. The third-order valence-corrected chi connectivity index (χ3v) is 9.41. The number of aliphatic hydroxyl groups is 3. The molecule has 1 aliphatic carbocycles. The number of esters is 1. The van der Waals surface area contributed by atoms with Crippen molar-refractivity contribution in [3.05, 3.63) is 112 Å². The van der Waals surface area contributed by atoms with Crippen LogP contribution in [0.5, 0.6) is 0 Å². The van der Waals surface area contributed by atoms with Gasteiger partial charge in [0.2, 0.25) is 0 Å². The molecule has 0 radical (unpaired) electrons. The SMILES string of the molecule is C.CCOC(=O)C1CCCN([C@H](O)CSNC(C)(O)C(/C=C(/C#Cc2cccc(NC(=O)C3=C(C)C=CC3)c2)CC)=C/N)C1.OCc1ccccc1.[HH]. The minimum atomic E-state index is -1.50. The molecular formula is C41H58N4O6S. The van der Waals surface area contributed by atoms with Crippen molar-refractivity contribution in [1.82, 2.24) is 9.62 Å². The molecule has 11 heteroatoms. The van der Waals surface area contributed by atoms with Crippen molar-refractivity contribution >= 4 is 29.5 Å². The number of amides is 1. The van der Waals surface area contributed by atoms with Gasteiger partial charge in [0, 0.05) is 54.4 Å². The van der Waals surface area contributed by atoms with Crippen LogP contribution in [0.3, 0.4) is 0 Å². The maximum absolute atomic E-state index is 12.6. The van der Waals surface area contributed by atoms with Crippen LogP contribution in [0, 0.1) is 17.8 Å². The molecule has 2 aliphatic rings. The van der Waals surface area contributed by atoms with E-state index in [1.54, 1.807) is 19.9 Å². The molecule has 2 unspecified atom stereocenters. The van der Waals surface area contributed by atoms with E-state index in [0.29, 0.717) is 43.8 Å². The van der Waals surface area contributed by atoms with Crippen LogP contribution in [0.15, 0.2) is 101 Å². The number of nitrogens with zero attached hydrogens (tertiary/aromatic N) is 1. The van der Waals surface area contributed by atoms with E-state index in [9.17, 15) is 19.8 Å². The van der Waals surface area contributed by atoms with Crippen LogP contribution >= 0.6 is 11.9 Å². The number of piperidine rings is 1. The summed E-state index contributed by atoms with van der Waals surface area (Å²) in [5.41, 5.74) is 9.69. The van der Waals surface area contributed by atoms with E-state index >= 15 is 0 Å². The van der Waals surface area contributed by atoms with Crippen molar-refractivity contribution in [3.8, 4) is 11.8 Å². The van der Waals surface area contributed by atoms with Gasteiger partial charge < -0.3 is 31.1 Å². The summed E-state index contributed by atoms with van der Waals surface area (Å²) in [5.74, 6) is 5.99. The lowest BCUT2D eigenvalue weighted by atomic mass is 9.98. The standard InChI is InChI=1S/C33H44N4O5S.C7H8O.CH4.H2/c1-5-24(15-16-25-11-8-13-28(19-25)35-31(39)29-14-7-10-23(29)3)18-27(20-34)33(4,41)36-43-22-30(38)37-17-9-12-26(21-37)32(40)42-6-2;8-6-7-4-2-1-3-5-7;;/h7-8,10-11,13,18-20,26,30,36,38,41H,5-6,9,12,14,17,21-22,34H2,1-4H3,(H,35,39);1-5,8H,6H2;1H4;1H/b24-18+,27-20+;;;/t26?,30-,33?;;;/m1.../s1. The fourth-order valence-corrected chi connectivity index (χ4v) is 6.26. The van der Waals surface area contributed by atoms with Gasteiger partial charge in [-0.2, -0.15) is 0 Å². The number of nitrogens with two attached hydrogens (primary N) is 1. The molecule has 0 saturated carbocycles. The van der Waals surface area contributed by atoms with Crippen molar-refractivity contribution in [3.63, 3.8) is 0 Å². The first kappa shape index (κ1) is 44.0. The van der Waals surface area contributed by atoms with E-state index in [4.69, 9.17) is 15.6 Å². The van der Waals surface area contributed by atoms with Gasteiger partial charge in [-0.1, -0.05) is 86.7 Å². The maximum Gasteiger partial charge on any atom is 0.310 e. The highest BCUT2D eigenvalue weighted by Crippen LogP contribution is 2.24. The molecule has 2 aromatic carbocycles. The second-order valence-corrected chi connectivity index (χ2v) is 13.2. The number of anilines is 1. The second-order valence-electron chi connectivity index (χ2n) is 12.4. The van der Waals surface area contributed by atoms with Gasteiger partial charge in [0.05, 0.1) is 19.1 Å². The molecule has 52 heavy (non-hydrogen) atoms. The Kier molecular flexibility index (Phi) is 19.2. The highest BCUT2D eigenvalue weighted by molar-refractivity contribution is 7.97. The van der Waals surface area contributed by atoms with E-state index in [1.165, 1.54) is 18.1 Å². The molecule has 0 bridgehead atoms. The molecule has 0 spiro atoms. The Morgan fingerprint density at radius 3 is 2.58 bits per heavy atom. The first-order chi connectivity index (χ1) is 24.5. The summed E-state index contributed by atoms with van der Waals surface area (Å²) < 4.78 is 8.14. The number of rotatable bonds is 13. The van der Waals surface area contributed by atoms with Crippen molar-refractivity contribution in [2.45, 2.75) is 79.4 Å². The van der Waals surface area contributed by atoms with Crippen LogP contribution in [0.25, 0.3) is 0 Å². The number of nitrogens with one attached hydrogen (secondary N) is 2. The van der Waals surface area contributed by atoms with Gasteiger partial charge >= 0.3 is 5.97 Å². The summed E-state index contributed by atoms with van der Waals surface area (Å²) in [6.45, 7) is 8.87. The maximum atomic E-state index is 12.6. The van der Waals surface area contributed by atoms with E-state index < -0.39 is 12.0 Å². The van der Waals surface area contributed by atoms with Crippen LogP contribution in [0.1, 0.15) is 73.4 Å². The van der Waals surface area contributed by atoms with Crippen LogP contribution in [0.4, 0.5) is 5.69 Å². The highest BCUT2D eigenvalue weighted by Gasteiger charge is 2.31. The average molecular weight is 735 g/mol. The predicted octanol–water partition coefficient (Wildman–Crippen LogP) is 6.03. The molecular weight excluding hydrogens is 677 g/mol. The van der Waals surface area contributed by atoms with E-state index in [2.05, 4.69) is 21.9 Å². The number of hydrogen-bond acceptors (Lipinski definition) is 10. The molecule has 2 aromatic rings. The third-order valence-electron chi connectivity index (χ3n) is 8.40. The van der Waals surface area contributed by atoms with Crippen molar-refractivity contribution in [1.29, 1.82) is 0 Å². The Balaban J connectivity index is 0.00000124. The molecule has 4 rings (SSSR count). The Morgan fingerprint density at radius 1 is 1.21 bits per heavy atom. The molecule has 284 valence electrons.